The molecule has 0 saturated heterocycles. The van der Waals surface area contributed by atoms with E-state index in [0.717, 1.165) is 25.9 Å². The molecule has 0 saturated carbocycles. The largest absolute Gasteiger partial charge is 0.383 e. The predicted octanol–water partition coefficient (Wildman–Crippen LogP) is 4.41. The zero-order chi connectivity index (χ0) is 13.4. The second-order valence-corrected chi connectivity index (χ2v) is 6.29. The SMILES string of the molecule is Cc1cc(Br)ccc1-n1nc(C(C)C)c(Br)c1N. The van der Waals surface area contributed by atoms with Gasteiger partial charge in [-0.1, -0.05) is 29.8 Å². The molecule has 0 spiro atoms. The molecule has 0 unspecified atom stereocenters. The van der Waals surface area contributed by atoms with Gasteiger partial charge in [0.2, 0.25) is 0 Å². The van der Waals surface area contributed by atoms with Crippen LogP contribution in [0.3, 0.4) is 0 Å². The lowest BCUT2D eigenvalue weighted by Crippen LogP contribution is -2.04. The van der Waals surface area contributed by atoms with Crippen molar-refractivity contribution in [2.75, 3.05) is 5.73 Å². The minimum Gasteiger partial charge on any atom is -0.383 e. The summed E-state index contributed by atoms with van der Waals surface area (Å²) in [5.41, 5.74) is 9.23. The normalized spacial score (nSPS) is 11.2. The van der Waals surface area contributed by atoms with Crippen LogP contribution in [0.5, 0.6) is 0 Å². The Morgan fingerprint density at radius 3 is 2.44 bits per heavy atom. The molecule has 96 valence electrons. The molecule has 3 nitrogen and oxygen atoms in total. The number of nitrogen functional groups attached to an aromatic ring is 1. The highest BCUT2D eigenvalue weighted by Gasteiger charge is 2.17. The smallest absolute Gasteiger partial charge is 0.141 e. The van der Waals surface area contributed by atoms with Crippen molar-refractivity contribution in [3.63, 3.8) is 0 Å². The molecule has 18 heavy (non-hydrogen) atoms. The molecule has 2 N–H and O–H groups in total. The number of rotatable bonds is 2. The molecular formula is C13H15Br2N3. The van der Waals surface area contributed by atoms with Crippen LogP contribution in [0.25, 0.3) is 5.69 Å². The molecule has 0 radical (unpaired) electrons. The number of benzene rings is 1. The van der Waals surface area contributed by atoms with E-state index in [2.05, 4.69) is 56.9 Å². The van der Waals surface area contributed by atoms with Gasteiger partial charge in [-0.25, -0.2) is 4.68 Å². The van der Waals surface area contributed by atoms with E-state index >= 15 is 0 Å². The highest BCUT2D eigenvalue weighted by molar-refractivity contribution is 9.11. The van der Waals surface area contributed by atoms with E-state index in [0.29, 0.717) is 11.7 Å². The van der Waals surface area contributed by atoms with Gasteiger partial charge in [0.05, 0.1) is 15.9 Å². The molecule has 0 amide bonds. The van der Waals surface area contributed by atoms with Crippen molar-refractivity contribution in [2.24, 2.45) is 0 Å². The zero-order valence-electron chi connectivity index (χ0n) is 10.5. The van der Waals surface area contributed by atoms with E-state index in [1.165, 1.54) is 0 Å². The summed E-state index contributed by atoms with van der Waals surface area (Å²) in [4.78, 5) is 0. The van der Waals surface area contributed by atoms with E-state index in [9.17, 15) is 0 Å². The Labute approximate surface area is 124 Å². The summed E-state index contributed by atoms with van der Waals surface area (Å²) in [5, 5.41) is 4.60. The first-order chi connectivity index (χ1) is 8.41. The van der Waals surface area contributed by atoms with E-state index in [1.807, 2.05) is 19.1 Å². The maximum atomic E-state index is 6.12. The Bertz CT molecular complexity index is 588. The number of nitrogens with zero attached hydrogens (tertiary/aromatic N) is 2. The van der Waals surface area contributed by atoms with Crippen LogP contribution in [0, 0.1) is 6.92 Å². The Balaban J connectivity index is 2.61. The quantitative estimate of drug-likeness (QED) is 0.848. The standard InChI is InChI=1S/C13H15Br2N3/c1-7(2)12-11(15)13(16)18(17-12)10-5-4-9(14)6-8(10)3/h4-7H,16H2,1-3H3. The van der Waals surface area contributed by atoms with E-state index in [1.54, 1.807) is 4.68 Å². The van der Waals surface area contributed by atoms with Gasteiger partial charge in [-0.3, -0.25) is 0 Å². The van der Waals surface area contributed by atoms with Crippen molar-refractivity contribution in [3.05, 3.63) is 38.4 Å². The van der Waals surface area contributed by atoms with Crippen LogP contribution >= 0.6 is 31.9 Å². The minimum atomic E-state index is 0.332. The van der Waals surface area contributed by atoms with Gasteiger partial charge in [0.25, 0.3) is 0 Å². The summed E-state index contributed by atoms with van der Waals surface area (Å²) >= 11 is 6.98. The van der Waals surface area contributed by atoms with E-state index in [-0.39, 0.29) is 0 Å². The summed E-state index contributed by atoms with van der Waals surface area (Å²) in [6.45, 7) is 6.25. The van der Waals surface area contributed by atoms with Crippen LogP contribution in [0.2, 0.25) is 0 Å². The number of aromatic nitrogens is 2. The third-order valence-electron chi connectivity index (χ3n) is 2.82. The molecule has 1 aromatic heterocycles. The van der Waals surface area contributed by atoms with Gasteiger partial charge in [-0.05, 0) is 52.5 Å². The van der Waals surface area contributed by atoms with Gasteiger partial charge in [0.15, 0.2) is 0 Å². The summed E-state index contributed by atoms with van der Waals surface area (Å²) in [6.07, 6.45) is 0. The predicted molar refractivity (Wildman–Crippen MR) is 82.2 cm³/mol. The second-order valence-electron chi connectivity index (χ2n) is 4.58. The van der Waals surface area contributed by atoms with Crippen molar-refractivity contribution in [2.45, 2.75) is 26.7 Å². The molecule has 0 aliphatic heterocycles. The molecular weight excluding hydrogens is 358 g/mol. The highest BCUT2D eigenvalue weighted by Crippen LogP contribution is 2.32. The monoisotopic (exact) mass is 371 g/mol. The molecule has 2 rings (SSSR count). The zero-order valence-corrected chi connectivity index (χ0v) is 13.7. The third kappa shape index (κ3) is 2.34. The van der Waals surface area contributed by atoms with Gasteiger partial charge in [-0.15, -0.1) is 0 Å². The fourth-order valence-electron chi connectivity index (χ4n) is 1.84. The molecule has 0 fully saturated rings. The Kier molecular flexibility index (Phi) is 3.82. The Morgan fingerprint density at radius 1 is 1.28 bits per heavy atom. The average Bonchev–Trinajstić information content (AvgIpc) is 2.57. The van der Waals surface area contributed by atoms with Crippen LogP contribution in [0.1, 0.15) is 31.0 Å². The summed E-state index contributed by atoms with van der Waals surface area (Å²) in [7, 11) is 0. The number of aryl methyl sites for hydroxylation is 1. The van der Waals surface area contributed by atoms with Gasteiger partial charge >= 0.3 is 0 Å². The summed E-state index contributed by atoms with van der Waals surface area (Å²) < 4.78 is 3.73. The second kappa shape index (κ2) is 5.05. The molecule has 1 aromatic carbocycles. The maximum Gasteiger partial charge on any atom is 0.141 e. The van der Waals surface area contributed by atoms with Crippen molar-refractivity contribution in [1.82, 2.24) is 9.78 Å². The fourth-order valence-corrected chi connectivity index (χ4v) is 3.02. The first-order valence-corrected chi connectivity index (χ1v) is 7.30. The highest BCUT2D eigenvalue weighted by atomic mass is 79.9. The fraction of sp³-hybridized carbons (Fsp3) is 0.308. The lowest BCUT2D eigenvalue weighted by atomic mass is 10.1. The van der Waals surface area contributed by atoms with Gasteiger partial charge in [0, 0.05) is 4.47 Å². The van der Waals surface area contributed by atoms with Crippen molar-refractivity contribution < 1.29 is 0 Å². The first kappa shape index (κ1) is 13.6. The maximum absolute atomic E-state index is 6.12. The minimum absolute atomic E-state index is 0.332. The molecule has 0 aliphatic carbocycles. The number of halogens is 2. The first-order valence-electron chi connectivity index (χ1n) is 5.72. The van der Waals surface area contributed by atoms with E-state index in [4.69, 9.17) is 5.73 Å². The van der Waals surface area contributed by atoms with Crippen molar-refractivity contribution in [3.8, 4) is 5.69 Å². The molecule has 0 bridgehead atoms. The van der Waals surface area contributed by atoms with Crippen molar-refractivity contribution >= 4 is 37.7 Å². The lowest BCUT2D eigenvalue weighted by Gasteiger charge is -2.08. The van der Waals surface area contributed by atoms with Crippen LogP contribution in [-0.4, -0.2) is 9.78 Å². The van der Waals surface area contributed by atoms with E-state index < -0.39 is 0 Å². The molecule has 1 heterocycles. The Hall–Kier alpha value is -0.810. The topological polar surface area (TPSA) is 43.8 Å². The van der Waals surface area contributed by atoms with Gasteiger partial charge in [0.1, 0.15) is 5.82 Å². The number of anilines is 1. The van der Waals surface area contributed by atoms with Crippen LogP contribution in [0.4, 0.5) is 5.82 Å². The third-order valence-corrected chi connectivity index (χ3v) is 4.13. The number of nitrogens with two attached hydrogens (primary N) is 1. The Morgan fingerprint density at radius 2 is 1.94 bits per heavy atom. The summed E-state index contributed by atoms with van der Waals surface area (Å²) in [5.74, 6) is 0.975. The van der Waals surface area contributed by atoms with Gasteiger partial charge in [-0.2, -0.15) is 5.10 Å². The molecule has 0 aliphatic rings. The molecule has 5 heteroatoms. The molecule has 2 aromatic rings. The van der Waals surface area contributed by atoms with Crippen LogP contribution < -0.4 is 5.73 Å². The van der Waals surface area contributed by atoms with Gasteiger partial charge < -0.3 is 5.73 Å². The van der Waals surface area contributed by atoms with Crippen molar-refractivity contribution in [1.29, 1.82) is 0 Å². The van der Waals surface area contributed by atoms with Crippen LogP contribution in [0.15, 0.2) is 27.1 Å². The summed E-state index contributed by atoms with van der Waals surface area (Å²) in [6, 6.07) is 6.06. The average molecular weight is 373 g/mol. The number of hydrogen-bond donors (Lipinski definition) is 1. The lowest BCUT2D eigenvalue weighted by molar-refractivity contribution is 0.767. The van der Waals surface area contributed by atoms with Crippen LogP contribution in [-0.2, 0) is 0 Å². The number of hydrogen-bond acceptors (Lipinski definition) is 2. The molecule has 0 atom stereocenters.